The van der Waals surface area contributed by atoms with Crippen molar-refractivity contribution in [1.82, 2.24) is 4.57 Å². The fourth-order valence-electron chi connectivity index (χ4n) is 2.87. The van der Waals surface area contributed by atoms with E-state index in [9.17, 15) is 9.59 Å². The molecule has 152 valence electrons. The van der Waals surface area contributed by atoms with Crippen LogP contribution in [0.15, 0.2) is 47.5 Å². The number of methoxy groups -OCH3 is 1. The number of esters is 1. The second kappa shape index (κ2) is 9.52. The van der Waals surface area contributed by atoms with Gasteiger partial charge in [-0.25, -0.2) is 4.79 Å². The van der Waals surface area contributed by atoms with Gasteiger partial charge < -0.3 is 14.0 Å². The molecule has 1 heterocycles. The summed E-state index contributed by atoms with van der Waals surface area (Å²) in [6.07, 6.45) is 3.31. The summed E-state index contributed by atoms with van der Waals surface area (Å²) in [4.78, 5) is 29.1. The third-order valence-electron chi connectivity index (χ3n) is 4.55. The molecule has 29 heavy (non-hydrogen) atoms. The summed E-state index contributed by atoms with van der Waals surface area (Å²) in [5.41, 5.74) is 1.86. The third kappa shape index (κ3) is 4.92. The zero-order chi connectivity index (χ0) is 20.8. The first-order chi connectivity index (χ1) is 14.0. The first-order valence-electron chi connectivity index (χ1n) is 9.53. The Morgan fingerprint density at radius 3 is 2.48 bits per heavy atom. The van der Waals surface area contributed by atoms with Gasteiger partial charge in [-0.1, -0.05) is 31.1 Å². The molecule has 0 aliphatic rings. The number of benzene rings is 2. The van der Waals surface area contributed by atoms with E-state index in [2.05, 4.69) is 11.9 Å². The van der Waals surface area contributed by atoms with Crippen LogP contribution < -0.4 is 9.54 Å². The van der Waals surface area contributed by atoms with Gasteiger partial charge in [0.2, 0.25) is 0 Å². The smallest absolute Gasteiger partial charge is 0.337 e. The van der Waals surface area contributed by atoms with Crippen LogP contribution in [-0.4, -0.2) is 30.2 Å². The van der Waals surface area contributed by atoms with Crippen molar-refractivity contribution in [2.24, 2.45) is 12.0 Å². The van der Waals surface area contributed by atoms with E-state index in [0.717, 1.165) is 35.2 Å². The quantitative estimate of drug-likeness (QED) is 0.428. The maximum Gasteiger partial charge on any atom is 0.337 e. The zero-order valence-corrected chi connectivity index (χ0v) is 17.6. The van der Waals surface area contributed by atoms with Gasteiger partial charge in [0.15, 0.2) is 4.80 Å². The van der Waals surface area contributed by atoms with Gasteiger partial charge in [0.25, 0.3) is 5.91 Å². The van der Waals surface area contributed by atoms with Crippen LogP contribution in [0.25, 0.3) is 10.2 Å². The normalized spacial score (nSPS) is 11.6. The van der Waals surface area contributed by atoms with E-state index in [-0.39, 0.29) is 5.91 Å². The number of hydrogen-bond donors (Lipinski definition) is 0. The molecule has 0 radical (unpaired) electrons. The number of hydrogen-bond acceptors (Lipinski definition) is 5. The lowest BCUT2D eigenvalue weighted by atomic mass is 10.2. The lowest BCUT2D eigenvalue weighted by Gasteiger charge is -2.05. The van der Waals surface area contributed by atoms with E-state index < -0.39 is 5.97 Å². The molecule has 0 aliphatic heterocycles. The second-order valence-corrected chi connectivity index (χ2v) is 7.62. The van der Waals surface area contributed by atoms with Crippen molar-refractivity contribution in [3.8, 4) is 5.75 Å². The largest absolute Gasteiger partial charge is 0.494 e. The molecule has 2 aromatic carbocycles. The van der Waals surface area contributed by atoms with Crippen LogP contribution in [-0.2, 0) is 11.8 Å². The van der Waals surface area contributed by atoms with Crippen molar-refractivity contribution < 1.29 is 19.1 Å². The lowest BCUT2D eigenvalue weighted by molar-refractivity contribution is 0.0600. The molecular weight excluding hydrogens is 388 g/mol. The minimum atomic E-state index is -0.394. The van der Waals surface area contributed by atoms with Gasteiger partial charge in [-0.05, 0) is 48.9 Å². The maximum atomic E-state index is 12.6. The summed E-state index contributed by atoms with van der Waals surface area (Å²) >= 11 is 1.35. The molecule has 0 spiro atoms. The standard InChI is InChI=1S/C22H24N2O4S/c1-4-5-6-13-28-17-10-7-15(8-11-17)20(25)23-22-24(2)18-12-9-16(21(26)27-3)14-19(18)29-22/h7-12,14H,4-6,13H2,1-3H3. The van der Waals surface area contributed by atoms with Gasteiger partial charge in [-0.3, -0.25) is 4.79 Å². The highest BCUT2D eigenvalue weighted by Gasteiger charge is 2.11. The minimum Gasteiger partial charge on any atom is -0.494 e. The highest BCUT2D eigenvalue weighted by molar-refractivity contribution is 7.16. The number of aromatic nitrogens is 1. The Bertz CT molecular complexity index is 1080. The number of fused-ring (bicyclic) bond motifs is 1. The first kappa shape index (κ1) is 20.8. The van der Waals surface area contributed by atoms with Crippen molar-refractivity contribution in [2.75, 3.05) is 13.7 Å². The van der Waals surface area contributed by atoms with Crippen molar-refractivity contribution in [1.29, 1.82) is 0 Å². The highest BCUT2D eigenvalue weighted by Crippen LogP contribution is 2.19. The Balaban J connectivity index is 1.80. The predicted octanol–water partition coefficient (Wildman–Crippen LogP) is 4.34. The SMILES string of the molecule is CCCCCOc1ccc(C(=O)N=c2sc3cc(C(=O)OC)ccc3n2C)cc1. The number of rotatable bonds is 7. The molecule has 0 fully saturated rings. The van der Waals surface area contributed by atoms with Crippen molar-refractivity contribution in [2.45, 2.75) is 26.2 Å². The van der Waals surface area contributed by atoms with Crippen LogP contribution in [0.2, 0.25) is 0 Å². The maximum absolute atomic E-state index is 12.6. The Morgan fingerprint density at radius 1 is 1.07 bits per heavy atom. The number of nitrogens with zero attached hydrogens (tertiary/aromatic N) is 2. The van der Waals surface area contributed by atoms with Crippen LogP contribution in [0.3, 0.4) is 0 Å². The second-order valence-electron chi connectivity index (χ2n) is 6.61. The number of unbranched alkanes of at least 4 members (excludes halogenated alkanes) is 2. The highest BCUT2D eigenvalue weighted by atomic mass is 32.1. The molecule has 0 bridgehead atoms. The molecule has 1 amide bonds. The molecule has 1 aromatic heterocycles. The molecular formula is C22H24N2O4S. The average molecular weight is 413 g/mol. The van der Waals surface area contributed by atoms with Crippen LogP contribution in [0.5, 0.6) is 5.75 Å². The topological polar surface area (TPSA) is 69.9 Å². The van der Waals surface area contributed by atoms with Gasteiger partial charge in [0.1, 0.15) is 5.75 Å². The van der Waals surface area contributed by atoms with Gasteiger partial charge >= 0.3 is 5.97 Å². The number of aryl methyl sites for hydroxylation is 1. The van der Waals surface area contributed by atoms with Crippen LogP contribution in [0, 0.1) is 0 Å². The molecule has 3 aromatic rings. The molecule has 7 heteroatoms. The lowest BCUT2D eigenvalue weighted by Crippen LogP contribution is -2.13. The number of carbonyl (C=O) groups is 2. The summed E-state index contributed by atoms with van der Waals surface area (Å²) in [6, 6.07) is 12.3. The van der Waals surface area contributed by atoms with E-state index in [0.29, 0.717) is 22.5 Å². The van der Waals surface area contributed by atoms with Crippen LogP contribution in [0.1, 0.15) is 46.9 Å². The number of amides is 1. The number of carbonyl (C=O) groups excluding carboxylic acids is 2. The molecule has 0 N–H and O–H groups in total. The van der Waals surface area contributed by atoms with Crippen LogP contribution >= 0.6 is 11.3 Å². The summed E-state index contributed by atoms with van der Waals surface area (Å²) in [5.74, 6) is 0.0350. The van der Waals surface area contributed by atoms with E-state index in [1.165, 1.54) is 18.4 Å². The summed E-state index contributed by atoms with van der Waals surface area (Å²) in [5, 5.41) is 0. The monoisotopic (exact) mass is 412 g/mol. The average Bonchev–Trinajstić information content (AvgIpc) is 3.05. The first-order valence-corrected chi connectivity index (χ1v) is 10.3. The van der Waals surface area contributed by atoms with Crippen molar-refractivity contribution in [3.05, 3.63) is 58.4 Å². The molecule has 6 nitrogen and oxygen atoms in total. The summed E-state index contributed by atoms with van der Waals surface area (Å²) < 4.78 is 13.1. The fourth-order valence-corrected chi connectivity index (χ4v) is 3.93. The molecule has 3 rings (SSSR count). The molecule has 0 saturated heterocycles. The van der Waals surface area contributed by atoms with Gasteiger partial charge in [0.05, 0.1) is 29.5 Å². The van der Waals surface area contributed by atoms with Crippen molar-refractivity contribution >= 4 is 33.4 Å². The Hall–Kier alpha value is -2.93. The van der Waals surface area contributed by atoms with E-state index in [4.69, 9.17) is 9.47 Å². The molecule has 0 unspecified atom stereocenters. The molecule has 0 atom stereocenters. The molecule has 0 aliphatic carbocycles. The Labute approximate surface area is 173 Å². The third-order valence-corrected chi connectivity index (χ3v) is 5.64. The number of ether oxygens (including phenoxy) is 2. The minimum absolute atomic E-state index is 0.321. The van der Waals surface area contributed by atoms with Crippen LogP contribution in [0.4, 0.5) is 0 Å². The van der Waals surface area contributed by atoms with Gasteiger partial charge in [-0.15, -0.1) is 0 Å². The van der Waals surface area contributed by atoms with Gasteiger partial charge in [-0.2, -0.15) is 4.99 Å². The zero-order valence-electron chi connectivity index (χ0n) is 16.8. The van der Waals surface area contributed by atoms with E-state index in [1.807, 2.05) is 17.7 Å². The predicted molar refractivity (Wildman–Crippen MR) is 113 cm³/mol. The summed E-state index contributed by atoms with van der Waals surface area (Å²) in [6.45, 7) is 2.83. The van der Waals surface area contributed by atoms with Gasteiger partial charge in [0, 0.05) is 12.6 Å². The Morgan fingerprint density at radius 2 is 1.79 bits per heavy atom. The fraction of sp³-hybridized carbons (Fsp3) is 0.318. The van der Waals surface area contributed by atoms with E-state index in [1.54, 1.807) is 36.4 Å². The molecule has 0 saturated carbocycles. The van der Waals surface area contributed by atoms with E-state index >= 15 is 0 Å². The Kier molecular flexibility index (Phi) is 6.82. The van der Waals surface area contributed by atoms with Crippen molar-refractivity contribution in [3.63, 3.8) is 0 Å². The number of thiazole rings is 1. The summed E-state index contributed by atoms with van der Waals surface area (Å²) in [7, 11) is 3.19.